The summed E-state index contributed by atoms with van der Waals surface area (Å²) >= 11 is 0. The topological polar surface area (TPSA) is 88.9 Å². The fourth-order valence-corrected chi connectivity index (χ4v) is 1.93. The lowest BCUT2D eigenvalue weighted by Crippen LogP contribution is -3.08. The number of alkyl carbamates (subject to hydrolysis) is 1. The summed E-state index contributed by atoms with van der Waals surface area (Å²) in [6.07, 6.45) is -0.727. The molecular weight excluding hydrogens is 286 g/mol. The molecule has 1 aromatic carbocycles. The van der Waals surface area contributed by atoms with Gasteiger partial charge in [0.05, 0.1) is 13.7 Å². The first-order chi connectivity index (χ1) is 10.5. The largest absolute Gasteiger partial charge is 0.450 e. The van der Waals surface area contributed by atoms with Crippen LogP contribution in [0, 0.1) is 0 Å². The van der Waals surface area contributed by atoms with Gasteiger partial charge in [-0.3, -0.25) is 14.9 Å². The maximum absolute atomic E-state index is 11.6. The predicted octanol–water partition coefficient (Wildman–Crippen LogP) is -0.666. The molecular formula is C15H22N3O4+. The minimum Gasteiger partial charge on any atom is -0.450 e. The Morgan fingerprint density at radius 3 is 2.36 bits per heavy atom. The van der Waals surface area contributed by atoms with Gasteiger partial charge >= 0.3 is 6.09 Å². The van der Waals surface area contributed by atoms with Crippen LogP contribution < -0.4 is 15.5 Å². The molecule has 3 N–H and O–H groups in total. The van der Waals surface area contributed by atoms with Crippen LogP contribution in [0.5, 0.6) is 0 Å². The van der Waals surface area contributed by atoms with Crippen LogP contribution >= 0.6 is 0 Å². The molecule has 0 aliphatic carbocycles. The van der Waals surface area contributed by atoms with Gasteiger partial charge < -0.3 is 15.0 Å². The molecule has 0 heterocycles. The summed E-state index contributed by atoms with van der Waals surface area (Å²) in [6, 6.07) is 7.16. The van der Waals surface area contributed by atoms with Gasteiger partial charge in [-0.2, -0.15) is 0 Å². The van der Waals surface area contributed by atoms with Crippen LogP contribution in [0.3, 0.4) is 0 Å². The molecule has 22 heavy (non-hydrogen) atoms. The van der Waals surface area contributed by atoms with Crippen molar-refractivity contribution in [3.63, 3.8) is 0 Å². The Balaban J connectivity index is 2.47. The molecule has 1 unspecified atom stereocenters. The molecule has 7 heteroatoms. The molecule has 0 fully saturated rings. The number of nitrogens with one attached hydrogen (secondary N) is 3. The SMILES string of the molecule is CCOC(=O)NC(=O)C[NH+](C)Cc1ccc(C(=O)NC)cc1. The maximum Gasteiger partial charge on any atom is 0.414 e. The number of likely N-dealkylation sites (N-methyl/N-ethyl adjacent to an activating group) is 1. The quantitative estimate of drug-likeness (QED) is 0.650. The Hall–Kier alpha value is -2.41. The monoisotopic (exact) mass is 308 g/mol. The molecule has 1 rings (SSSR count). The number of amides is 3. The lowest BCUT2D eigenvalue weighted by molar-refractivity contribution is -0.885. The normalized spacial score (nSPS) is 11.4. The van der Waals surface area contributed by atoms with E-state index in [2.05, 4.69) is 15.4 Å². The third-order valence-electron chi connectivity index (χ3n) is 2.93. The molecule has 0 aliphatic heterocycles. The van der Waals surface area contributed by atoms with Crippen LogP contribution in [0.4, 0.5) is 4.79 Å². The van der Waals surface area contributed by atoms with E-state index in [1.165, 1.54) is 0 Å². The number of quaternary nitrogens is 1. The van der Waals surface area contributed by atoms with Gasteiger partial charge in [0.2, 0.25) is 0 Å². The Kier molecular flexibility index (Phi) is 7.04. The van der Waals surface area contributed by atoms with Crippen LogP contribution in [-0.4, -0.2) is 45.2 Å². The van der Waals surface area contributed by atoms with E-state index in [4.69, 9.17) is 0 Å². The summed E-state index contributed by atoms with van der Waals surface area (Å²) in [6.45, 7) is 2.64. The van der Waals surface area contributed by atoms with Crippen LogP contribution in [0.15, 0.2) is 24.3 Å². The standard InChI is InChI=1S/C15H21N3O4/c1-4-22-15(21)17-13(19)10-18(3)9-11-5-7-12(8-6-11)14(20)16-2/h5-8H,4,9-10H2,1-3H3,(H,16,20)(H,17,19,21)/p+1. The van der Waals surface area contributed by atoms with Crippen LogP contribution in [0.25, 0.3) is 0 Å². The van der Waals surface area contributed by atoms with Gasteiger partial charge in [-0.15, -0.1) is 0 Å². The molecule has 1 atom stereocenters. The highest BCUT2D eigenvalue weighted by Crippen LogP contribution is 2.03. The van der Waals surface area contributed by atoms with Crippen molar-refractivity contribution in [3.8, 4) is 0 Å². The molecule has 3 amide bonds. The first-order valence-electron chi connectivity index (χ1n) is 7.05. The molecule has 7 nitrogen and oxygen atoms in total. The average molecular weight is 308 g/mol. The van der Waals surface area contributed by atoms with Crippen LogP contribution in [-0.2, 0) is 16.1 Å². The Labute approximate surface area is 129 Å². The van der Waals surface area contributed by atoms with Crippen molar-refractivity contribution in [2.75, 3.05) is 27.2 Å². The second-order valence-electron chi connectivity index (χ2n) is 4.86. The minimum absolute atomic E-state index is 0.138. The summed E-state index contributed by atoms with van der Waals surface area (Å²) in [5.41, 5.74) is 1.58. The highest BCUT2D eigenvalue weighted by Gasteiger charge is 2.14. The lowest BCUT2D eigenvalue weighted by Gasteiger charge is -2.13. The molecule has 0 spiro atoms. The predicted molar refractivity (Wildman–Crippen MR) is 80.5 cm³/mol. The van der Waals surface area contributed by atoms with E-state index in [9.17, 15) is 14.4 Å². The van der Waals surface area contributed by atoms with E-state index >= 15 is 0 Å². The Morgan fingerprint density at radius 1 is 1.18 bits per heavy atom. The summed E-state index contributed by atoms with van der Waals surface area (Å²) in [5.74, 6) is -0.529. The van der Waals surface area contributed by atoms with Gasteiger partial charge in [0.25, 0.3) is 11.8 Å². The van der Waals surface area contributed by atoms with Crippen molar-refractivity contribution in [1.29, 1.82) is 0 Å². The summed E-state index contributed by atoms with van der Waals surface area (Å²) in [7, 11) is 3.42. The fraction of sp³-hybridized carbons (Fsp3) is 0.400. The highest BCUT2D eigenvalue weighted by atomic mass is 16.5. The van der Waals surface area contributed by atoms with E-state index in [0.29, 0.717) is 12.1 Å². The Bertz CT molecular complexity index is 528. The zero-order chi connectivity index (χ0) is 16.5. The number of carbonyl (C=O) groups excluding carboxylic acids is 3. The van der Waals surface area contributed by atoms with Gasteiger partial charge in [-0.25, -0.2) is 4.79 Å². The Morgan fingerprint density at radius 2 is 1.82 bits per heavy atom. The van der Waals surface area contributed by atoms with Crippen LogP contribution in [0.1, 0.15) is 22.8 Å². The zero-order valence-electron chi connectivity index (χ0n) is 13.1. The first-order valence-corrected chi connectivity index (χ1v) is 7.05. The average Bonchev–Trinajstić information content (AvgIpc) is 2.47. The second-order valence-corrected chi connectivity index (χ2v) is 4.86. The molecule has 0 saturated carbocycles. The molecule has 0 radical (unpaired) electrons. The highest BCUT2D eigenvalue weighted by molar-refractivity contribution is 5.94. The zero-order valence-corrected chi connectivity index (χ0v) is 13.1. The number of carbonyl (C=O) groups is 3. The van der Waals surface area contributed by atoms with E-state index < -0.39 is 12.0 Å². The molecule has 0 saturated heterocycles. The summed E-state index contributed by atoms with van der Waals surface area (Å²) < 4.78 is 4.64. The number of ether oxygens (including phenoxy) is 1. The second kappa shape index (κ2) is 8.78. The van der Waals surface area contributed by atoms with Crippen molar-refractivity contribution in [1.82, 2.24) is 10.6 Å². The number of benzene rings is 1. The van der Waals surface area contributed by atoms with Crippen molar-refractivity contribution < 1.29 is 24.0 Å². The third kappa shape index (κ3) is 5.92. The van der Waals surface area contributed by atoms with E-state index in [1.807, 2.05) is 19.2 Å². The van der Waals surface area contributed by atoms with E-state index in [0.717, 1.165) is 10.5 Å². The number of rotatable bonds is 6. The maximum atomic E-state index is 11.6. The summed E-state index contributed by atoms with van der Waals surface area (Å²) in [4.78, 5) is 35.1. The van der Waals surface area contributed by atoms with Gasteiger partial charge in [-0.1, -0.05) is 12.1 Å². The van der Waals surface area contributed by atoms with Crippen molar-refractivity contribution in [2.45, 2.75) is 13.5 Å². The van der Waals surface area contributed by atoms with Gasteiger partial charge in [-0.05, 0) is 19.1 Å². The summed E-state index contributed by atoms with van der Waals surface area (Å²) in [5, 5.41) is 4.71. The minimum atomic E-state index is -0.727. The van der Waals surface area contributed by atoms with Crippen molar-refractivity contribution in [3.05, 3.63) is 35.4 Å². The number of hydrogen-bond acceptors (Lipinski definition) is 4. The molecule has 120 valence electrons. The van der Waals surface area contributed by atoms with Gasteiger partial charge in [0, 0.05) is 18.2 Å². The van der Waals surface area contributed by atoms with Gasteiger partial charge in [0.15, 0.2) is 6.54 Å². The number of hydrogen-bond donors (Lipinski definition) is 3. The molecule has 0 aliphatic rings. The van der Waals surface area contributed by atoms with Crippen molar-refractivity contribution >= 4 is 17.9 Å². The van der Waals surface area contributed by atoms with Gasteiger partial charge in [0.1, 0.15) is 6.54 Å². The smallest absolute Gasteiger partial charge is 0.414 e. The third-order valence-corrected chi connectivity index (χ3v) is 2.93. The van der Waals surface area contributed by atoms with E-state index in [1.54, 1.807) is 26.1 Å². The fourth-order valence-electron chi connectivity index (χ4n) is 1.93. The molecule has 0 bridgehead atoms. The molecule has 0 aromatic heterocycles. The number of imide groups is 1. The lowest BCUT2D eigenvalue weighted by atomic mass is 10.1. The molecule has 1 aromatic rings. The van der Waals surface area contributed by atoms with Crippen molar-refractivity contribution in [2.24, 2.45) is 0 Å². The first kappa shape index (κ1) is 17.6. The van der Waals surface area contributed by atoms with E-state index in [-0.39, 0.29) is 19.1 Å². The van der Waals surface area contributed by atoms with Crippen LogP contribution in [0.2, 0.25) is 0 Å².